The van der Waals surface area contributed by atoms with E-state index in [4.69, 9.17) is 0 Å². The van der Waals surface area contributed by atoms with Gasteiger partial charge in [-0.3, -0.25) is 10.1 Å². The van der Waals surface area contributed by atoms with Crippen molar-refractivity contribution in [1.29, 1.82) is 0 Å². The van der Waals surface area contributed by atoms with E-state index in [-0.39, 0.29) is 21.0 Å². The molecule has 0 amide bonds. The van der Waals surface area contributed by atoms with E-state index in [9.17, 15) is 14.5 Å². The molecule has 1 N–H and O–H groups in total. The molecule has 0 spiro atoms. The second kappa shape index (κ2) is 6.28. The van der Waals surface area contributed by atoms with Gasteiger partial charge in [0.2, 0.25) is 0 Å². The Hall–Kier alpha value is -0.960. The number of nitrogens with zero attached hydrogens (tertiary/aromatic N) is 2. The van der Waals surface area contributed by atoms with Crippen molar-refractivity contribution >= 4 is 34.0 Å². The number of anilines is 1. The van der Waals surface area contributed by atoms with Gasteiger partial charge in [-0.2, -0.15) is 0 Å². The van der Waals surface area contributed by atoms with E-state index in [0.29, 0.717) is 6.54 Å². The standard InChI is InChI=1S/C11H15FIN3O2/c1-7(6-15(2)3)14-10-4-8(12)9(13)5-11(10)16(17)18/h4-5,7,14H,6H2,1-3H3. The quantitative estimate of drug-likeness (QED) is 0.494. The highest BCUT2D eigenvalue weighted by Gasteiger charge is 2.18. The van der Waals surface area contributed by atoms with Crippen molar-refractivity contribution in [3.8, 4) is 0 Å². The molecule has 1 rings (SSSR count). The first-order valence-electron chi connectivity index (χ1n) is 5.36. The second-order valence-corrected chi connectivity index (χ2v) is 5.51. The molecule has 1 aromatic rings. The number of rotatable bonds is 5. The molecule has 0 radical (unpaired) electrons. The van der Waals surface area contributed by atoms with Gasteiger partial charge in [0.05, 0.1) is 8.49 Å². The van der Waals surface area contributed by atoms with E-state index in [1.165, 1.54) is 12.1 Å². The minimum atomic E-state index is -0.508. The van der Waals surface area contributed by atoms with Crippen LogP contribution in [0, 0.1) is 19.5 Å². The third kappa shape index (κ3) is 4.05. The van der Waals surface area contributed by atoms with Crippen LogP contribution in [0.15, 0.2) is 12.1 Å². The Balaban J connectivity index is 3.00. The smallest absolute Gasteiger partial charge is 0.293 e. The summed E-state index contributed by atoms with van der Waals surface area (Å²) in [6, 6.07) is 2.39. The molecular weight excluding hydrogens is 352 g/mol. The maximum Gasteiger partial charge on any atom is 0.293 e. The lowest BCUT2D eigenvalue weighted by Crippen LogP contribution is -2.29. The Morgan fingerprint density at radius 1 is 1.56 bits per heavy atom. The van der Waals surface area contributed by atoms with Crippen LogP contribution in [0.3, 0.4) is 0 Å². The molecule has 18 heavy (non-hydrogen) atoms. The summed E-state index contributed by atoms with van der Waals surface area (Å²) in [6.07, 6.45) is 0. The Kier molecular flexibility index (Phi) is 5.27. The van der Waals surface area contributed by atoms with Crippen LogP contribution < -0.4 is 5.32 Å². The number of nitrogens with one attached hydrogen (secondary N) is 1. The minimum absolute atomic E-state index is 0.0156. The van der Waals surface area contributed by atoms with Crippen molar-refractivity contribution in [2.24, 2.45) is 0 Å². The zero-order valence-electron chi connectivity index (χ0n) is 10.4. The van der Waals surface area contributed by atoms with E-state index in [2.05, 4.69) is 5.32 Å². The number of hydrogen-bond acceptors (Lipinski definition) is 4. The summed E-state index contributed by atoms with van der Waals surface area (Å²) in [4.78, 5) is 12.4. The molecule has 0 fully saturated rings. The van der Waals surface area contributed by atoms with Crippen LogP contribution in [-0.2, 0) is 0 Å². The molecule has 7 heteroatoms. The van der Waals surface area contributed by atoms with Gasteiger partial charge in [0.1, 0.15) is 11.5 Å². The van der Waals surface area contributed by atoms with E-state index in [0.717, 1.165) is 0 Å². The van der Waals surface area contributed by atoms with Crippen LogP contribution >= 0.6 is 22.6 Å². The molecule has 0 aliphatic heterocycles. The molecule has 100 valence electrons. The molecule has 0 aliphatic carbocycles. The van der Waals surface area contributed by atoms with Crippen LogP contribution in [0.2, 0.25) is 0 Å². The van der Waals surface area contributed by atoms with Crippen LogP contribution in [0.25, 0.3) is 0 Å². The first-order chi connectivity index (χ1) is 8.31. The van der Waals surface area contributed by atoms with Crippen molar-refractivity contribution in [3.63, 3.8) is 0 Å². The second-order valence-electron chi connectivity index (χ2n) is 4.35. The van der Waals surface area contributed by atoms with E-state index >= 15 is 0 Å². The summed E-state index contributed by atoms with van der Waals surface area (Å²) in [5, 5.41) is 13.9. The zero-order chi connectivity index (χ0) is 13.9. The summed E-state index contributed by atoms with van der Waals surface area (Å²) in [7, 11) is 3.81. The zero-order valence-corrected chi connectivity index (χ0v) is 12.6. The van der Waals surface area contributed by atoms with E-state index < -0.39 is 10.7 Å². The van der Waals surface area contributed by atoms with Gasteiger partial charge in [-0.15, -0.1) is 0 Å². The van der Waals surface area contributed by atoms with Crippen molar-refractivity contribution in [3.05, 3.63) is 31.6 Å². The lowest BCUT2D eigenvalue weighted by molar-refractivity contribution is -0.384. The Morgan fingerprint density at radius 3 is 2.67 bits per heavy atom. The first-order valence-corrected chi connectivity index (χ1v) is 6.44. The van der Waals surface area contributed by atoms with Crippen LogP contribution in [0.4, 0.5) is 15.8 Å². The van der Waals surface area contributed by atoms with Gasteiger partial charge in [0.15, 0.2) is 0 Å². The molecule has 1 aromatic carbocycles. The molecule has 0 saturated heterocycles. The Labute approximate surface area is 119 Å². The topological polar surface area (TPSA) is 58.4 Å². The van der Waals surface area contributed by atoms with Gasteiger partial charge in [-0.1, -0.05) is 0 Å². The lowest BCUT2D eigenvalue weighted by Gasteiger charge is -2.19. The number of benzene rings is 1. The predicted octanol–water partition coefficient (Wildman–Crippen LogP) is 2.70. The van der Waals surface area contributed by atoms with Gasteiger partial charge in [0.25, 0.3) is 5.69 Å². The fourth-order valence-corrected chi connectivity index (χ4v) is 2.11. The van der Waals surface area contributed by atoms with Crippen LogP contribution in [0.1, 0.15) is 6.92 Å². The molecule has 1 unspecified atom stereocenters. The molecule has 0 heterocycles. The summed E-state index contributed by atoms with van der Waals surface area (Å²) in [6.45, 7) is 2.59. The first kappa shape index (κ1) is 15.1. The molecule has 5 nitrogen and oxygen atoms in total. The fourth-order valence-electron chi connectivity index (χ4n) is 1.66. The monoisotopic (exact) mass is 367 g/mol. The fraction of sp³-hybridized carbons (Fsp3) is 0.455. The lowest BCUT2D eigenvalue weighted by atomic mass is 10.2. The number of likely N-dealkylation sites (N-methyl/N-ethyl adjacent to an activating group) is 1. The maximum atomic E-state index is 13.5. The van der Waals surface area contributed by atoms with Gasteiger partial charge in [-0.25, -0.2) is 4.39 Å². The van der Waals surface area contributed by atoms with Crippen molar-refractivity contribution in [2.45, 2.75) is 13.0 Å². The minimum Gasteiger partial charge on any atom is -0.376 e. The van der Waals surface area contributed by atoms with E-state index in [1.807, 2.05) is 25.9 Å². The van der Waals surface area contributed by atoms with Gasteiger partial charge in [-0.05, 0) is 43.6 Å². The summed E-state index contributed by atoms with van der Waals surface area (Å²) in [5.74, 6) is -0.458. The molecular formula is C11H15FIN3O2. The highest BCUT2D eigenvalue weighted by atomic mass is 127. The number of nitro groups is 1. The van der Waals surface area contributed by atoms with Crippen molar-refractivity contribution in [2.75, 3.05) is 26.0 Å². The van der Waals surface area contributed by atoms with Crippen molar-refractivity contribution < 1.29 is 9.31 Å². The van der Waals surface area contributed by atoms with E-state index in [1.54, 1.807) is 22.6 Å². The third-order valence-corrected chi connectivity index (χ3v) is 3.10. The SMILES string of the molecule is CC(CN(C)C)Nc1cc(F)c(I)cc1[N+](=O)[O-]. The molecule has 0 bridgehead atoms. The molecule has 0 saturated carbocycles. The third-order valence-electron chi connectivity index (χ3n) is 2.28. The molecule has 1 atom stereocenters. The van der Waals surface area contributed by atoms with Crippen molar-refractivity contribution in [1.82, 2.24) is 4.90 Å². The van der Waals surface area contributed by atoms with Gasteiger partial charge in [0, 0.05) is 24.7 Å². The molecule has 0 aliphatic rings. The number of nitro benzene ring substituents is 1. The van der Waals surface area contributed by atoms with Crippen LogP contribution in [-0.4, -0.2) is 36.5 Å². The predicted molar refractivity (Wildman–Crippen MR) is 77.4 cm³/mol. The highest BCUT2D eigenvalue weighted by Crippen LogP contribution is 2.29. The number of halogens is 2. The highest BCUT2D eigenvalue weighted by molar-refractivity contribution is 14.1. The normalized spacial score (nSPS) is 12.6. The summed E-state index contributed by atoms with van der Waals surface area (Å²) in [5.41, 5.74) is 0.110. The Morgan fingerprint density at radius 2 is 2.17 bits per heavy atom. The Bertz CT molecular complexity index is 454. The average Bonchev–Trinajstić information content (AvgIpc) is 2.21. The van der Waals surface area contributed by atoms with Crippen LogP contribution in [0.5, 0.6) is 0 Å². The summed E-state index contributed by atoms with van der Waals surface area (Å²) < 4.78 is 13.7. The van der Waals surface area contributed by atoms with Gasteiger partial charge < -0.3 is 10.2 Å². The average molecular weight is 367 g/mol. The molecule has 0 aromatic heterocycles. The van der Waals surface area contributed by atoms with Gasteiger partial charge >= 0.3 is 0 Å². The maximum absolute atomic E-state index is 13.5. The number of hydrogen-bond donors (Lipinski definition) is 1. The summed E-state index contributed by atoms with van der Waals surface area (Å²) >= 11 is 1.74. The largest absolute Gasteiger partial charge is 0.376 e.